The number of hydrogen-bond acceptors (Lipinski definition) is 4. The van der Waals surface area contributed by atoms with Crippen molar-refractivity contribution < 1.29 is 4.74 Å². The third-order valence-corrected chi connectivity index (χ3v) is 2.64. The van der Waals surface area contributed by atoms with E-state index in [4.69, 9.17) is 4.74 Å². The van der Waals surface area contributed by atoms with E-state index in [0.717, 1.165) is 24.6 Å². The molecule has 0 saturated carbocycles. The van der Waals surface area contributed by atoms with E-state index in [1.807, 2.05) is 19.2 Å². The topological polar surface area (TPSA) is 47.0 Å². The normalized spacial score (nSPS) is 13.6. The first-order valence-electron chi connectivity index (χ1n) is 6.63. The van der Waals surface area contributed by atoms with Gasteiger partial charge in [-0.25, -0.2) is 9.97 Å². The molecular formula is C14H25N3O. The van der Waals surface area contributed by atoms with Crippen molar-refractivity contribution in [3.8, 4) is 0 Å². The van der Waals surface area contributed by atoms with Crippen LogP contribution in [0.2, 0.25) is 0 Å². The van der Waals surface area contributed by atoms with E-state index in [1.54, 1.807) is 0 Å². The molecule has 0 aliphatic heterocycles. The van der Waals surface area contributed by atoms with Gasteiger partial charge in [0.15, 0.2) is 5.82 Å². The second-order valence-corrected chi connectivity index (χ2v) is 5.39. The zero-order chi connectivity index (χ0) is 13.6. The lowest BCUT2D eigenvalue weighted by Gasteiger charge is -2.29. The molecule has 4 heteroatoms. The summed E-state index contributed by atoms with van der Waals surface area (Å²) in [6.07, 6.45) is 1.75. The van der Waals surface area contributed by atoms with Crippen molar-refractivity contribution >= 4 is 0 Å². The van der Waals surface area contributed by atoms with Crippen molar-refractivity contribution in [3.05, 3.63) is 23.8 Å². The fourth-order valence-electron chi connectivity index (χ4n) is 1.77. The summed E-state index contributed by atoms with van der Waals surface area (Å²) >= 11 is 0. The molecule has 1 atom stereocenters. The van der Waals surface area contributed by atoms with Crippen LogP contribution in [0.15, 0.2) is 12.3 Å². The highest BCUT2D eigenvalue weighted by atomic mass is 16.5. The molecule has 1 rings (SSSR count). The molecule has 0 spiro atoms. The minimum atomic E-state index is -0.0657. The second kappa shape index (κ2) is 6.81. The Morgan fingerprint density at radius 3 is 2.61 bits per heavy atom. The smallest absolute Gasteiger partial charge is 0.157 e. The van der Waals surface area contributed by atoms with Crippen molar-refractivity contribution in [2.45, 2.75) is 47.3 Å². The second-order valence-electron chi connectivity index (χ2n) is 5.39. The van der Waals surface area contributed by atoms with E-state index in [1.165, 1.54) is 0 Å². The van der Waals surface area contributed by atoms with Crippen LogP contribution in [0.5, 0.6) is 0 Å². The maximum atomic E-state index is 5.81. The minimum Gasteiger partial charge on any atom is -0.370 e. The molecule has 102 valence electrons. The van der Waals surface area contributed by atoms with Crippen molar-refractivity contribution in [2.75, 3.05) is 13.2 Å². The van der Waals surface area contributed by atoms with Crippen LogP contribution >= 0.6 is 0 Å². The van der Waals surface area contributed by atoms with E-state index >= 15 is 0 Å². The Bertz CT molecular complexity index is 360. The van der Waals surface area contributed by atoms with Gasteiger partial charge in [-0.2, -0.15) is 0 Å². The molecule has 0 aliphatic rings. The van der Waals surface area contributed by atoms with E-state index < -0.39 is 0 Å². The third kappa shape index (κ3) is 4.35. The van der Waals surface area contributed by atoms with Crippen molar-refractivity contribution in [1.29, 1.82) is 0 Å². The van der Waals surface area contributed by atoms with E-state index in [-0.39, 0.29) is 11.5 Å². The average molecular weight is 251 g/mol. The van der Waals surface area contributed by atoms with E-state index in [9.17, 15) is 0 Å². The molecule has 0 aliphatic carbocycles. The molecule has 1 aromatic heterocycles. The van der Waals surface area contributed by atoms with E-state index in [0.29, 0.717) is 6.61 Å². The van der Waals surface area contributed by atoms with Gasteiger partial charge in [0.05, 0.1) is 5.69 Å². The fourth-order valence-corrected chi connectivity index (χ4v) is 1.77. The Morgan fingerprint density at radius 1 is 1.33 bits per heavy atom. The van der Waals surface area contributed by atoms with Crippen molar-refractivity contribution in [3.63, 3.8) is 0 Å². The molecule has 18 heavy (non-hydrogen) atoms. The number of aromatic nitrogens is 2. The van der Waals surface area contributed by atoms with Gasteiger partial charge in [0, 0.05) is 19.3 Å². The summed E-state index contributed by atoms with van der Waals surface area (Å²) in [6.45, 7) is 12.9. The molecule has 0 saturated heterocycles. The van der Waals surface area contributed by atoms with Crippen LogP contribution in [0.25, 0.3) is 0 Å². The Morgan fingerprint density at radius 2 is 2.06 bits per heavy atom. The molecular weight excluding hydrogens is 226 g/mol. The number of nitrogens with one attached hydrogen (secondary N) is 1. The van der Waals surface area contributed by atoms with Gasteiger partial charge < -0.3 is 10.1 Å². The summed E-state index contributed by atoms with van der Waals surface area (Å²) in [5.74, 6) is 0.778. The Labute approximate surface area is 110 Å². The van der Waals surface area contributed by atoms with Crippen LogP contribution in [0.3, 0.4) is 0 Å². The van der Waals surface area contributed by atoms with Gasteiger partial charge in [-0.1, -0.05) is 27.7 Å². The Kier molecular flexibility index (Phi) is 5.69. The first-order chi connectivity index (χ1) is 8.49. The number of rotatable bonds is 6. The van der Waals surface area contributed by atoms with Crippen molar-refractivity contribution in [2.24, 2.45) is 5.41 Å². The number of nitrogens with zero attached hydrogens (tertiary/aromatic N) is 2. The highest BCUT2D eigenvalue weighted by molar-refractivity contribution is 5.06. The predicted octanol–water partition coefficient (Wildman–Crippen LogP) is 2.71. The van der Waals surface area contributed by atoms with Crippen LogP contribution in [0, 0.1) is 5.41 Å². The van der Waals surface area contributed by atoms with Crippen molar-refractivity contribution in [1.82, 2.24) is 15.3 Å². The molecule has 1 aromatic rings. The first-order valence-corrected chi connectivity index (χ1v) is 6.63. The van der Waals surface area contributed by atoms with Crippen LogP contribution in [0.1, 0.15) is 52.2 Å². The van der Waals surface area contributed by atoms with Gasteiger partial charge in [0.2, 0.25) is 0 Å². The molecule has 1 unspecified atom stereocenters. The Hall–Kier alpha value is -1.00. The monoisotopic (exact) mass is 251 g/mol. The molecule has 1 N–H and O–H groups in total. The lowest BCUT2D eigenvalue weighted by molar-refractivity contribution is -0.0192. The van der Waals surface area contributed by atoms with Gasteiger partial charge in [-0.3, -0.25) is 0 Å². The summed E-state index contributed by atoms with van der Waals surface area (Å²) in [7, 11) is 0. The summed E-state index contributed by atoms with van der Waals surface area (Å²) in [5, 5.41) is 3.27. The Balaban J connectivity index is 2.91. The zero-order valence-electron chi connectivity index (χ0n) is 12.2. The van der Waals surface area contributed by atoms with Crippen LogP contribution in [0.4, 0.5) is 0 Å². The summed E-state index contributed by atoms with van der Waals surface area (Å²) in [6, 6.07) is 1.94. The van der Waals surface area contributed by atoms with Gasteiger partial charge in [-0.15, -0.1) is 0 Å². The zero-order valence-corrected chi connectivity index (χ0v) is 12.2. The fraction of sp³-hybridized carbons (Fsp3) is 0.714. The number of hydrogen-bond donors (Lipinski definition) is 1. The third-order valence-electron chi connectivity index (χ3n) is 2.64. The van der Waals surface area contributed by atoms with Crippen LogP contribution in [-0.2, 0) is 11.3 Å². The summed E-state index contributed by atoms with van der Waals surface area (Å²) in [5.41, 5.74) is 1.00. The summed E-state index contributed by atoms with van der Waals surface area (Å²) in [4.78, 5) is 8.97. The standard InChI is InChI=1S/C14H25N3O/c1-6-15-10-11-8-9-16-13(17-11)12(18-7-2)14(3,4)5/h8-9,12,15H,6-7,10H2,1-5H3. The average Bonchev–Trinajstić information content (AvgIpc) is 2.32. The maximum absolute atomic E-state index is 5.81. The van der Waals surface area contributed by atoms with E-state index in [2.05, 4.69) is 43.0 Å². The molecule has 4 nitrogen and oxygen atoms in total. The minimum absolute atomic E-state index is 0.00712. The molecule has 0 aromatic carbocycles. The SMILES string of the molecule is CCNCc1ccnc(C(OCC)C(C)(C)C)n1. The summed E-state index contributed by atoms with van der Waals surface area (Å²) < 4.78 is 5.81. The molecule has 0 radical (unpaired) electrons. The van der Waals surface area contributed by atoms with Crippen LogP contribution in [-0.4, -0.2) is 23.1 Å². The number of ether oxygens (including phenoxy) is 1. The van der Waals surface area contributed by atoms with Crippen LogP contribution < -0.4 is 5.32 Å². The highest BCUT2D eigenvalue weighted by Crippen LogP contribution is 2.33. The molecule has 1 heterocycles. The largest absolute Gasteiger partial charge is 0.370 e. The van der Waals surface area contributed by atoms with Gasteiger partial charge >= 0.3 is 0 Å². The maximum Gasteiger partial charge on any atom is 0.157 e. The molecule has 0 bridgehead atoms. The van der Waals surface area contributed by atoms with Gasteiger partial charge in [0.1, 0.15) is 6.10 Å². The van der Waals surface area contributed by atoms with Gasteiger partial charge in [0.25, 0.3) is 0 Å². The molecule has 0 fully saturated rings. The molecule has 0 amide bonds. The lowest BCUT2D eigenvalue weighted by Crippen LogP contribution is -2.24. The predicted molar refractivity (Wildman–Crippen MR) is 73.2 cm³/mol. The lowest BCUT2D eigenvalue weighted by atomic mass is 9.88. The quantitative estimate of drug-likeness (QED) is 0.844. The highest BCUT2D eigenvalue weighted by Gasteiger charge is 2.29. The van der Waals surface area contributed by atoms with Gasteiger partial charge in [-0.05, 0) is 24.9 Å². The first kappa shape index (κ1) is 15.1.